The van der Waals surface area contributed by atoms with Gasteiger partial charge in [0.05, 0.1) is 33.3 Å². The Labute approximate surface area is 149 Å². The van der Waals surface area contributed by atoms with Crippen LogP contribution in [0.2, 0.25) is 0 Å². The highest BCUT2D eigenvalue weighted by Crippen LogP contribution is 2.24. The Morgan fingerprint density at radius 2 is 1.96 bits per heavy atom. The van der Waals surface area contributed by atoms with Crippen molar-refractivity contribution < 1.29 is 27.6 Å². The van der Waals surface area contributed by atoms with Gasteiger partial charge in [0.2, 0.25) is 0 Å². The second kappa shape index (κ2) is 7.83. The lowest BCUT2D eigenvalue weighted by atomic mass is 10.2. The van der Waals surface area contributed by atoms with E-state index in [1.54, 1.807) is 13.0 Å². The first-order valence-electron chi connectivity index (χ1n) is 7.30. The maximum atomic E-state index is 12.5. The third-order valence-electron chi connectivity index (χ3n) is 3.50. The standard InChI is InChI=1S/C16H14F3N3O2S.H2O/c1-10-13(20-7-6-14(10)24-9-16(17,18)19)8-25(23)15-21-11-4-2-3-5-12(11)22-15;/h2-7H,8-9H2,1H3,(H,21,22);1H2/t25-;/m1./s1. The summed E-state index contributed by atoms with van der Waals surface area (Å²) in [4.78, 5) is 11.3. The van der Waals surface area contributed by atoms with Gasteiger partial charge in [-0.25, -0.2) is 4.98 Å². The van der Waals surface area contributed by atoms with Gasteiger partial charge >= 0.3 is 6.18 Å². The summed E-state index contributed by atoms with van der Waals surface area (Å²) in [7, 11) is -1.51. The molecule has 2 aromatic heterocycles. The molecular formula is C16H16F3N3O3S. The molecule has 0 saturated heterocycles. The molecule has 1 aromatic carbocycles. The lowest BCUT2D eigenvalue weighted by molar-refractivity contribution is -0.153. The van der Waals surface area contributed by atoms with Crippen molar-refractivity contribution in [2.24, 2.45) is 0 Å². The fourth-order valence-corrected chi connectivity index (χ4v) is 3.35. The van der Waals surface area contributed by atoms with Crippen LogP contribution in [0.5, 0.6) is 5.75 Å². The molecule has 3 N–H and O–H groups in total. The van der Waals surface area contributed by atoms with Gasteiger partial charge in [0.25, 0.3) is 0 Å². The van der Waals surface area contributed by atoms with Crippen LogP contribution in [0.4, 0.5) is 13.2 Å². The summed E-state index contributed by atoms with van der Waals surface area (Å²) in [5.74, 6) is 0.0958. The molecule has 1 atom stereocenters. The van der Waals surface area contributed by atoms with E-state index < -0.39 is 23.6 Å². The van der Waals surface area contributed by atoms with Gasteiger partial charge in [-0.2, -0.15) is 13.2 Å². The number of hydrogen-bond acceptors (Lipinski definition) is 4. The number of fused-ring (bicyclic) bond motifs is 1. The van der Waals surface area contributed by atoms with E-state index >= 15 is 0 Å². The van der Waals surface area contributed by atoms with Gasteiger partial charge in [-0.3, -0.25) is 9.19 Å². The van der Waals surface area contributed by atoms with Crippen molar-refractivity contribution in [1.82, 2.24) is 15.0 Å². The largest absolute Gasteiger partial charge is 0.484 e. The number of nitrogens with zero attached hydrogens (tertiary/aromatic N) is 2. The molecule has 0 spiro atoms. The van der Waals surface area contributed by atoms with E-state index in [0.29, 0.717) is 21.9 Å². The van der Waals surface area contributed by atoms with E-state index in [2.05, 4.69) is 15.0 Å². The number of H-pyrrole nitrogens is 1. The number of nitrogens with one attached hydrogen (secondary N) is 1. The number of ether oxygens (including phenoxy) is 1. The van der Waals surface area contributed by atoms with Crippen molar-refractivity contribution in [2.45, 2.75) is 24.0 Å². The van der Waals surface area contributed by atoms with Gasteiger partial charge in [0.1, 0.15) is 5.75 Å². The SMILES string of the molecule is Cc1c(OCC(F)(F)F)ccnc1C[S@@](=O)c1nc2ccccc2[nH]1.O. The van der Waals surface area contributed by atoms with Crippen LogP contribution in [0.3, 0.4) is 0 Å². The van der Waals surface area contributed by atoms with Gasteiger partial charge in [0.15, 0.2) is 11.8 Å². The summed E-state index contributed by atoms with van der Waals surface area (Å²) >= 11 is 0. The van der Waals surface area contributed by atoms with E-state index in [-0.39, 0.29) is 17.0 Å². The van der Waals surface area contributed by atoms with Crippen LogP contribution >= 0.6 is 0 Å². The fourth-order valence-electron chi connectivity index (χ4n) is 2.25. The number of para-hydroxylation sites is 2. The monoisotopic (exact) mass is 387 g/mol. The molecule has 0 aliphatic heterocycles. The van der Waals surface area contributed by atoms with Gasteiger partial charge in [0, 0.05) is 11.8 Å². The zero-order valence-electron chi connectivity index (χ0n) is 13.6. The predicted molar refractivity (Wildman–Crippen MR) is 90.3 cm³/mol. The number of hydrogen-bond donors (Lipinski definition) is 1. The maximum absolute atomic E-state index is 12.5. The molecule has 2 heterocycles. The molecule has 0 bridgehead atoms. The average molecular weight is 387 g/mol. The minimum absolute atomic E-state index is 0. The average Bonchev–Trinajstić information content (AvgIpc) is 2.99. The highest BCUT2D eigenvalue weighted by molar-refractivity contribution is 7.84. The molecule has 0 aliphatic carbocycles. The van der Waals surface area contributed by atoms with Crippen molar-refractivity contribution in [3.05, 3.63) is 47.8 Å². The number of pyridine rings is 1. The topological polar surface area (TPSA) is 99.4 Å². The van der Waals surface area contributed by atoms with Crippen LogP contribution < -0.4 is 4.74 Å². The number of benzene rings is 1. The summed E-state index contributed by atoms with van der Waals surface area (Å²) in [6, 6.07) is 8.62. The Hall–Kier alpha value is -2.46. The summed E-state index contributed by atoms with van der Waals surface area (Å²) in [6.07, 6.45) is -3.09. The molecule has 10 heteroatoms. The van der Waals surface area contributed by atoms with E-state index in [1.165, 1.54) is 12.3 Å². The molecule has 0 aliphatic rings. The predicted octanol–water partition coefficient (Wildman–Crippen LogP) is 2.69. The Balaban J connectivity index is 0.00000243. The zero-order chi connectivity index (χ0) is 18.0. The Bertz CT molecular complexity index is 895. The summed E-state index contributed by atoms with van der Waals surface area (Å²) < 4.78 is 54.2. The second-order valence-corrected chi connectivity index (χ2v) is 6.70. The number of aromatic amines is 1. The Morgan fingerprint density at radius 3 is 2.65 bits per heavy atom. The van der Waals surface area contributed by atoms with E-state index in [4.69, 9.17) is 4.74 Å². The molecule has 0 fully saturated rings. The third kappa shape index (κ3) is 4.58. The van der Waals surface area contributed by atoms with Crippen molar-refractivity contribution in [3.8, 4) is 5.75 Å². The van der Waals surface area contributed by atoms with E-state index in [0.717, 1.165) is 5.52 Å². The number of halogens is 3. The van der Waals surface area contributed by atoms with Crippen LogP contribution in [0.25, 0.3) is 11.0 Å². The molecule has 0 amide bonds. The number of alkyl halides is 3. The van der Waals surface area contributed by atoms with Crippen molar-refractivity contribution >= 4 is 21.8 Å². The normalized spacial score (nSPS) is 12.6. The third-order valence-corrected chi connectivity index (χ3v) is 4.66. The van der Waals surface area contributed by atoms with Crippen LogP contribution in [0, 0.1) is 6.92 Å². The quantitative estimate of drug-likeness (QED) is 0.727. The molecule has 26 heavy (non-hydrogen) atoms. The first-order chi connectivity index (χ1) is 11.8. The van der Waals surface area contributed by atoms with Crippen LogP contribution in [-0.2, 0) is 16.6 Å². The van der Waals surface area contributed by atoms with Gasteiger partial charge < -0.3 is 15.2 Å². The zero-order valence-corrected chi connectivity index (χ0v) is 14.4. The highest BCUT2D eigenvalue weighted by atomic mass is 32.2. The van der Waals surface area contributed by atoms with E-state index in [9.17, 15) is 17.4 Å². The minimum atomic E-state index is -4.42. The smallest absolute Gasteiger partial charge is 0.422 e. The Kier molecular flexibility index (Phi) is 5.98. The van der Waals surface area contributed by atoms with Crippen LogP contribution in [0.1, 0.15) is 11.3 Å². The Morgan fingerprint density at radius 1 is 1.23 bits per heavy atom. The lowest BCUT2D eigenvalue weighted by Gasteiger charge is -2.13. The maximum Gasteiger partial charge on any atom is 0.422 e. The summed E-state index contributed by atoms with van der Waals surface area (Å²) in [5, 5.41) is 0.295. The van der Waals surface area contributed by atoms with E-state index in [1.807, 2.05) is 18.2 Å². The molecule has 0 radical (unpaired) electrons. The van der Waals surface area contributed by atoms with Crippen molar-refractivity contribution in [2.75, 3.05) is 6.61 Å². The molecule has 140 valence electrons. The molecule has 0 unspecified atom stereocenters. The summed E-state index contributed by atoms with van der Waals surface area (Å²) in [5.41, 5.74) is 2.28. The fraction of sp³-hybridized carbons (Fsp3) is 0.250. The number of rotatable bonds is 5. The lowest BCUT2D eigenvalue weighted by Crippen LogP contribution is -2.19. The molecular weight excluding hydrogens is 371 g/mol. The second-order valence-electron chi connectivity index (χ2n) is 5.33. The minimum Gasteiger partial charge on any atom is -0.484 e. The highest BCUT2D eigenvalue weighted by Gasteiger charge is 2.29. The van der Waals surface area contributed by atoms with Crippen molar-refractivity contribution in [1.29, 1.82) is 0 Å². The van der Waals surface area contributed by atoms with Gasteiger partial charge in [-0.15, -0.1) is 0 Å². The van der Waals surface area contributed by atoms with Crippen LogP contribution in [0.15, 0.2) is 41.7 Å². The summed E-state index contributed by atoms with van der Waals surface area (Å²) in [6.45, 7) is 0.202. The van der Waals surface area contributed by atoms with Gasteiger partial charge in [-0.1, -0.05) is 12.1 Å². The first kappa shape index (κ1) is 19.9. The number of imidazole rings is 1. The van der Waals surface area contributed by atoms with Crippen LogP contribution in [-0.4, -0.2) is 37.4 Å². The van der Waals surface area contributed by atoms with Crippen molar-refractivity contribution in [3.63, 3.8) is 0 Å². The number of aromatic nitrogens is 3. The molecule has 3 aromatic rings. The van der Waals surface area contributed by atoms with Gasteiger partial charge in [-0.05, 0) is 25.1 Å². The molecule has 3 rings (SSSR count). The molecule has 0 saturated carbocycles. The molecule has 6 nitrogen and oxygen atoms in total. The first-order valence-corrected chi connectivity index (χ1v) is 8.62.